The van der Waals surface area contributed by atoms with E-state index in [4.69, 9.17) is 4.98 Å². The molecule has 0 saturated heterocycles. The average molecular weight is 307 g/mol. The standard InChI is InChI=1S/C18H30N2S/c1-2-19-13-15-11-8-12-16-17(15)20-18(21-16)14-9-6-4-3-5-7-10-14/h14-15,19H,2-13H2,1H3. The molecule has 1 unspecified atom stereocenters. The van der Waals surface area contributed by atoms with E-state index in [0.29, 0.717) is 5.92 Å². The zero-order chi connectivity index (χ0) is 14.5. The highest BCUT2D eigenvalue weighted by atomic mass is 32.1. The van der Waals surface area contributed by atoms with Crippen molar-refractivity contribution in [3.63, 3.8) is 0 Å². The highest BCUT2D eigenvalue weighted by Crippen LogP contribution is 2.39. The first kappa shape index (κ1) is 15.5. The van der Waals surface area contributed by atoms with Crippen molar-refractivity contribution in [3.8, 4) is 0 Å². The van der Waals surface area contributed by atoms with E-state index in [9.17, 15) is 0 Å². The Hall–Kier alpha value is -0.410. The molecule has 3 heteroatoms. The molecule has 0 bridgehead atoms. The molecule has 1 fully saturated rings. The number of thiazole rings is 1. The molecular weight excluding hydrogens is 276 g/mol. The van der Waals surface area contributed by atoms with Crippen LogP contribution >= 0.6 is 11.3 Å². The molecule has 1 saturated carbocycles. The first-order valence-corrected chi connectivity index (χ1v) is 9.90. The van der Waals surface area contributed by atoms with Crippen molar-refractivity contribution in [2.75, 3.05) is 13.1 Å². The summed E-state index contributed by atoms with van der Waals surface area (Å²) in [6.07, 6.45) is 13.9. The van der Waals surface area contributed by atoms with Crippen LogP contribution in [0.3, 0.4) is 0 Å². The lowest BCUT2D eigenvalue weighted by Gasteiger charge is -2.21. The van der Waals surface area contributed by atoms with Gasteiger partial charge in [-0.25, -0.2) is 4.98 Å². The van der Waals surface area contributed by atoms with Gasteiger partial charge in [0.15, 0.2) is 0 Å². The molecule has 0 radical (unpaired) electrons. The summed E-state index contributed by atoms with van der Waals surface area (Å²) in [5.74, 6) is 1.44. The van der Waals surface area contributed by atoms with Crippen molar-refractivity contribution < 1.29 is 0 Å². The molecule has 2 aliphatic carbocycles. The molecule has 118 valence electrons. The normalized spacial score (nSPS) is 24.3. The fourth-order valence-corrected chi connectivity index (χ4v) is 5.28. The van der Waals surface area contributed by atoms with E-state index < -0.39 is 0 Å². The molecule has 0 aliphatic heterocycles. The Morgan fingerprint density at radius 3 is 2.57 bits per heavy atom. The summed E-state index contributed by atoms with van der Waals surface area (Å²) < 4.78 is 0. The number of likely N-dealkylation sites (N-methyl/N-ethyl adjacent to an activating group) is 1. The minimum Gasteiger partial charge on any atom is -0.316 e. The Balaban J connectivity index is 1.73. The molecule has 2 aliphatic rings. The molecule has 2 nitrogen and oxygen atoms in total. The third kappa shape index (κ3) is 3.87. The number of aromatic nitrogens is 1. The molecular formula is C18H30N2S. The summed E-state index contributed by atoms with van der Waals surface area (Å²) in [6.45, 7) is 4.40. The number of nitrogens with zero attached hydrogens (tertiary/aromatic N) is 1. The van der Waals surface area contributed by atoms with Crippen LogP contribution in [0.25, 0.3) is 0 Å². The zero-order valence-electron chi connectivity index (χ0n) is 13.5. The van der Waals surface area contributed by atoms with Crippen LogP contribution in [0.2, 0.25) is 0 Å². The van der Waals surface area contributed by atoms with Gasteiger partial charge in [-0.3, -0.25) is 0 Å². The average Bonchev–Trinajstić information content (AvgIpc) is 2.89. The van der Waals surface area contributed by atoms with E-state index in [1.165, 1.54) is 74.9 Å². The number of aryl methyl sites for hydroxylation is 1. The van der Waals surface area contributed by atoms with Gasteiger partial charge in [-0.1, -0.05) is 39.0 Å². The third-order valence-electron chi connectivity index (χ3n) is 5.18. The summed E-state index contributed by atoms with van der Waals surface area (Å²) in [5, 5.41) is 5.01. The van der Waals surface area contributed by atoms with E-state index in [1.54, 1.807) is 4.88 Å². The minimum absolute atomic E-state index is 0.673. The van der Waals surface area contributed by atoms with E-state index in [1.807, 2.05) is 0 Å². The number of hydrogen-bond donors (Lipinski definition) is 1. The molecule has 1 atom stereocenters. The summed E-state index contributed by atoms with van der Waals surface area (Å²) in [4.78, 5) is 6.77. The second kappa shape index (κ2) is 7.73. The van der Waals surface area contributed by atoms with E-state index in [-0.39, 0.29) is 0 Å². The lowest BCUT2D eigenvalue weighted by atomic mass is 9.90. The number of nitrogens with one attached hydrogen (secondary N) is 1. The van der Waals surface area contributed by atoms with Crippen LogP contribution in [0.1, 0.15) is 92.1 Å². The lowest BCUT2D eigenvalue weighted by molar-refractivity contribution is 0.452. The van der Waals surface area contributed by atoms with Crippen LogP contribution in [0.5, 0.6) is 0 Å². The van der Waals surface area contributed by atoms with Gasteiger partial charge in [0.2, 0.25) is 0 Å². The molecule has 0 spiro atoms. The Morgan fingerprint density at radius 1 is 1.05 bits per heavy atom. The smallest absolute Gasteiger partial charge is 0.0962 e. The molecule has 0 amide bonds. The predicted octanol–water partition coefficient (Wildman–Crippen LogP) is 5.00. The molecule has 21 heavy (non-hydrogen) atoms. The Bertz CT molecular complexity index is 432. The fraction of sp³-hybridized carbons (Fsp3) is 0.833. The van der Waals surface area contributed by atoms with Crippen molar-refractivity contribution in [2.45, 2.75) is 83.0 Å². The molecule has 3 rings (SSSR count). The van der Waals surface area contributed by atoms with Gasteiger partial charge >= 0.3 is 0 Å². The van der Waals surface area contributed by atoms with Gasteiger partial charge in [-0.2, -0.15) is 0 Å². The van der Waals surface area contributed by atoms with Gasteiger partial charge in [0.05, 0.1) is 10.7 Å². The Labute approximate surface area is 133 Å². The fourth-order valence-electron chi connectivity index (χ4n) is 3.92. The lowest BCUT2D eigenvalue weighted by Crippen LogP contribution is -2.24. The largest absolute Gasteiger partial charge is 0.316 e. The van der Waals surface area contributed by atoms with Crippen LogP contribution in [0, 0.1) is 0 Å². The number of fused-ring (bicyclic) bond motifs is 1. The monoisotopic (exact) mass is 306 g/mol. The first-order valence-electron chi connectivity index (χ1n) is 9.08. The second-order valence-electron chi connectivity index (χ2n) is 6.80. The van der Waals surface area contributed by atoms with Gasteiger partial charge in [0.25, 0.3) is 0 Å². The molecule has 0 aromatic carbocycles. The van der Waals surface area contributed by atoms with Gasteiger partial charge in [0, 0.05) is 23.3 Å². The topological polar surface area (TPSA) is 24.9 Å². The third-order valence-corrected chi connectivity index (χ3v) is 6.48. The molecule has 1 aromatic rings. The molecule has 1 heterocycles. The van der Waals surface area contributed by atoms with Crippen LogP contribution < -0.4 is 5.32 Å². The SMILES string of the molecule is CCNCC1CCCc2sc(C3CCCCCCC3)nc21. The van der Waals surface area contributed by atoms with E-state index in [2.05, 4.69) is 23.6 Å². The zero-order valence-corrected chi connectivity index (χ0v) is 14.3. The maximum Gasteiger partial charge on any atom is 0.0962 e. The molecule has 1 aromatic heterocycles. The maximum absolute atomic E-state index is 5.16. The van der Waals surface area contributed by atoms with Gasteiger partial charge in [-0.15, -0.1) is 11.3 Å². The maximum atomic E-state index is 5.16. The number of rotatable bonds is 4. The summed E-state index contributed by atoms with van der Waals surface area (Å²) in [7, 11) is 0. The summed E-state index contributed by atoms with van der Waals surface area (Å²) >= 11 is 2.06. The highest BCUT2D eigenvalue weighted by molar-refractivity contribution is 7.11. The quantitative estimate of drug-likeness (QED) is 0.846. The van der Waals surface area contributed by atoms with Crippen LogP contribution in [-0.2, 0) is 6.42 Å². The van der Waals surface area contributed by atoms with Crippen molar-refractivity contribution in [1.29, 1.82) is 0 Å². The van der Waals surface area contributed by atoms with E-state index >= 15 is 0 Å². The van der Waals surface area contributed by atoms with Crippen molar-refractivity contribution in [3.05, 3.63) is 15.6 Å². The first-order chi connectivity index (χ1) is 10.4. The predicted molar refractivity (Wildman–Crippen MR) is 91.4 cm³/mol. The van der Waals surface area contributed by atoms with Gasteiger partial charge < -0.3 is 5.32 Å². The molecule has 1 N–H and O–H groups in total. The van der Waals surface area contributed by atoms with Gasteiger partial charge in [0.1, 0.15) is 0 Å². The highest BCUT2D eigenvalue weighted by Gasteiger charge is 2.26. The minimum atomic E-state index is 0.673. The van der Waals surface area contributed by atoms with Crippen molar-refractivity contribution in [1.82, 2.24) is 10.3 Å². The summed E-state index contributed by atoms with van der Waals surface area (Å²) in [5.41, 5.74) is 1.46. The van der Waals surface area contributed by atoms with Crippen LogP contribution in [0.4, 0.5) is 0 Å². The summed E-state index contributed by atoms with van der Waals surface area (Å²) in [6, 6.07) is 0. The van der Waals surface area contributed by atoms with E-state index in [0.717, 1.165) is 19.0 Å². The number of hydrogen-bond acceptors (Lipinski definition) is 3. The second-order valence-corrected chi connectivity index (χ2v) is 7.91. The van der Waals surface area contributed by atoms with Crippen LogP contribution in [0.15, 0.2) is 0 Å². The Kier molecular flexibility index (Phi) is 5.70. The Morgan fingerprint density at radius 2 is 1.81 bits per heavy atom. The van der Waals surface area contributed by atoms with Crippen LogP contribution in [-0.4, -0.2) is 18.1 Å². The van der Waals surface area contributed by atoms with Gasteiger partial charge in [-0.05, 0) is 38.6 Å². The van der Waals surface area contributed by atoms with Crippen molar-refractivity contribution >= 4 is 11.3 Å². The van der Waals surface area contributed by atoms with Crippen molar-refractivity contribution in [2.24, 2.45) is 0 Å².